The molecular formula is C25H38. The van der Waals surface area contributed by atoms with Crippen LogP contribution >= 0.6 is 0 Å². The Morgan fingerprint density at radius 3 is 1.20 bits per heavy atom. The summed E-state index contributed by atoms with van der Waals surface area (Å²) in [6, 6.07) is 21.6. The van der Waals surface area contributed by atoms with Gasteiger partial charge in [0.25, 0.3) is 0 Å². The lowest BCUT2D eigenvalue weighted by Crippen LogP contribution is -1.95. The van der Waals surface area contributed by atoms with Crippen LogP contribution < -0.4 is 0 Å². The van der Waals surface area contributed by atoms with Crippen molar-refractivity contribution >= 4 is 5.57 Å². The second-order valence-corrected chi connectivity index (χ2v) is 5.92. The van der Waals surface area contributed by atoms with Crippen molar-refractivity contribution < 1.29 is 0 Å². The summed E-state index contributed by atoms with van der Waals surface area (Å²) in [5, 5.41) is 0. The molecular weight excluding hydrogens is 300 g/mol. The van der Waals surface area contributed by atoms with Crippen LogP contribution in [0.3, 0.4) is 0 Å². The number of allylic oxidation sites excluding steroid dienone is 1. The molecule has 2 aromatic carbocycles. The lowest BCUT2D eigenvalue weighted by Gasteiger charge is -2.16. The number of benzene rings is 2. The summed E-state index contributed by atoms with van der Waals surface area (Å²) in [6.07, 6.45) is 6.04. The fourth-order valence-corrected chi connectivity index (χ4v) is 2.76. The predicted octanol–water partition coefficient (Wildman–Crippen LogP) is 8.53. The minimum Gasteiger partial charge on any atom is -0.0683 e. The molecule has 0 saturated heterocycles. The minimum atomic E-state index is 1.19. The fourth-order valence-electron chi connectivity index (χ4n) is 2.76. The van der Waals surface area contributed by atoms with Crippen molar-refractivity contribution in [2.24, 2.45) is 0 Å². The van der Waals surface area contributed by atoms with Crippen molar-refractivity contribution in [2.75, 3.05) is 0 Å². The summed E-state index contributed by atoms with van der Waals surface area (Å²) >= 11 is 0. The monoisotopic (exact) mass is 338 g/mol. The molecule has 138 valence electrons. The maximum atomic E-state index is 2.27. The Hall–Kier alpha value is -1.82. The largest absolute Gasteiger partial charge is 0.0683 e. The normalized spacial score (nSPS) is 9.20. The molecule has 0 N–H and O–H groups in total. The van der Waals surface area contributed by atoms with E-state index < -0.39 is 0 Å². The van der Waals surface area contributed by atoms with Crippen molar-refractivity contribution in [1.29, 1.82) is 0 Å². The molecule has 0 amide bonds. The molecule has 0 radical (unpaired) electrons. The van der Waals surface area contributed by atoms with E-state index in [0.29, 0.717) is 0 Å². The second-order valence-electron chi connectivity index (χ2n) is 5.92. The first-order valence-corrected chi connectivity index (χ1v) is 10.1. The summed E-state index contributed by atoms with van der Waals surface area (Å²) in [5.41, 5.74) is 5.72. The molecule has 0 aliphatic carbocycles. The first kappa shape index (κ1) is 23.2. The van der Waals surface area contributed by atoms with Gasteiger partial charge >= 0.3 is 0 Å². The van der Waals surface area contributed by atoms with Gasteiger partial charge < -0.3 is 0 Å². The molecule has 0 aliphatic rings. The van der Waals surface area contributed by atoms with Gasteiger partial charge in [-0.1, -0.05) is 127 Å². The van der Waals surface area contributed by atoms with E-state index >= 15 is 0 Å². The molecule has 0 heteroatoms. The zero-order valence-corrected chi connectivity index (χ0v) is 17.3. The third kappa shape index (κ3) is 8.72. The molecule has 0 saturated carbocycles. The van der Waals surface area contributed by atoms with E-state index in [1.54, 1.807) is 5.57 Å². The molecule has 0 aliphatic heterocycles. The van der Waals surface area contributed by atoms with Crippen LogP contribution in [-0.4, -0.2) is 0 Å². The Morgan fingerprint density at radius 2 is 0.920 bits per heavy atom. The summed E-state index contributed by atoms with van der Waals surface area (Å²) < 4.78 is 0. The lowest BCUT2D eigenvalue weighted by atomic mass is 9.89. The zero-order valence-electron chi connectivity index (χ0n) is 17.3. The van der Waals surface area contributed by atoms with Crippen LogP contribution in [0.5, 0.6) is 0 Å². The Kier molecular flexibility index (Phi) is 14.6. The Balaban J connectivity index is 0.00000104. The van der Waals surface area contributed by atoms with E-state index in [2.05, 4.69) is 88.4 Å². The quantitative estimate of drug-likeness (QED) is 0.495. The zero-order chi connectivity index (χ0) is 18.9. The van der Waals surface area contributed by atoms with E-state index in [1.807, 2.05) is 13.8 Å². The van der Waals surface area contributed by atoms with Crippen molar-refractivity contribution in [2.45, 2.75) is 73.6 Å². The summed E-state index contributed by atoms with van der Waals surface area (Å²) in [6.45, 7) is 12.8. The molecule has 0 aromatic heterocycles. The summed E-state index contributed by atoms with van der Waals surface area (Å²) in [7, 11) is 0. The molecule has 0 nitrogen and oxygen atoms in total. The molecule has 25 heavy (non-hydrogen) atoms. The van der Waals surface area contributed by atoms with Gasteiger partial charge in [-0.25, -0.2) is 0 Å². The third-order valence-electron chi connectivity index (χ3n) is 3.58. The highest BCUT2D eigenvalue weighted by molar-refractivity contribution is 5.82. The predicted molar refractivity (Wildman–Crippen MR) is 116 cm³/mol. The van der Waals surface area contributed by atoms with Gasteiger partial charge in [0.05, 0.1) is 0 Å². The molecule has 2 rings (SSSR count). The van der Waals surface area contributed by atoms with Crippen molar-refractivity contribution in [3.05, 3.63) is 77.4 Å². The van der Waals surface area contributed by atoms with Crippen LogP contribution in [0.25, 0.3) is 5.57 Å². The molecule has 2 aromatic rings. The lowest BCUT2D eigenvalue weighted by molar-refractivity contribution is 0.806. The van der Waals surface area contributed by atoms with Crippen molar-refractivity contribution in [3.63, 3.8) is 0 Å². The first-order valence-electron chi connectivity index (χ1n) is 10.1. The van der Waals surface area contributed by atoms with Gasteiger partial charge in [-0.05, 0) is 29.5 Å². The number of rotatable bonds is 6. The van der Waals surface area contributed by atoms with Gasteiger partial charge in [0.15, 0.2) is 0 Å². The molecule has 0 fully saturated rings. The Labute approximate surface area is 157 Å². The summed E-state index contributed by atoms with van der Waals surface area (Å²) in [5.74, 6) is 0. The molecule has 0 heterocycles. The maximum Gasteiger partial charge on any atom is -0.0119 e. The standard InChI is InChI=1S/C20H24.C3H8.C2H6/c1-3-11-17(12-4-2)20(18-13-7-5-8-14-18)19-15-9-6-10-16-19;1-3-2;1-2/h5-10,13-16H,3-4,11-12H2,1-2H3;3H2,1-2H3;1-2H3. The minimum absolute atomic E-state index is 1.19. The highest BCUT2D eigenvalue weighted by Gasteiger charge is 2.10. The maximum absolute atomic E-state index is 2.27. The van der Waals surface area contributed by atoms with Gasteiger partial charge in [-0.3, -0.25) is 0 Å². The van der Waals surface area contributed by atoms with Crippen LogP contribution in [-0.2, 0) is 0 Å². The van der Waals surface area contributed by atoms with Gasteiger partial charge in [-0.15, -0.1) is 0 Å². The second kappa shape index (κ2) is 15.7. The van der Waals surface area contributed by atoms with Gasteiger partial charge in [0, 0.05) is 0 Å². The SMILES string of the molecule is CC.CCC.CCCC(CCC)=C(c1ccccc1)c1ccccc1. The van der Waals surface area contributed by atoms with Crippen LogP contribution in [0, 0.1) is 0 Å². The van der Waals surface area contributed by atoms with E-state index in [-0.39, 0.29) is 0 Å². The third-order valence-corrected chi connectivity index (χ3v) is 3.58. The van der Waals surface area contributed by atoms with Gasteiger partial charge in [0.1, 0.15) is 0 Å². The van der Waals surface area contributed by atoms with Gasteiger partial charge in [-0.2, -0.15) is 0 Å². The highest BCUT2D eigenvalue weighted by atomic mass is 14.1. The average Bonchev–Trinajstić information content (AvgIpc) is 2.66. The topological polar surface area (TPSA) is 0 Å². The highest BCUT2D eigenvalue weighted by Crippen LogP contribution is 2.31. The summed E-state index contributed by atoms with van der Waals surface area (Å²) in [4.78, 5) is 0. The number of hydrogen-bond donors (Lipinski definition) is 0. The van der Waals surface area contributed by atoms with E-state index in [1.165, 1.54) is 48.8 Å². The average molecular weight is 339 g/mol. The molecule has 0 atom stereocenters. The number of hydrogen-bond acceptors (Lipinski definition) is 0. The van der Waals surface area contributed by atoms with Crippen molar-refractivity contribution in [3.8, 4) is 0 Å². The van der Waals surface area contributed by atoms with E-state index in [0.717, 1.165) is 0 Å². The molecule has 0 unspecified atom stereocenters. The van der Waals surface area contributed by atoms with Crippen LogP contribution in [0.1, 0.15) is 84.8 Å². The van der Waals surface area contributed by atoms with Crippen LogP contribution in [0.2, 0.25) is 0 Å². The van der Waals surface area contributed by atoms with E-state index in [9.17, 15) is 0 Å². The van der Waals surface area contributed by atoms with Crippen LogP contribution in [0.15, 0.2) is 66.2 Å². The van der Waals surface area contributed by atoms with Crippen molar-refractivity contribution in [1.82, 2.24) is 0 Å². The first-order chi connectivity index (χ1) is 12.3. The van der Waals surface area contributed by atoms with E-state index in [4.69, 9.17) is 0 Å². The van der Waals surface area contributed by atoms with Crippen LogP contribution in [0.4, 0.5) is 0 Å². The Morgan fingerprint density at radius 1 is 0.600 bits per heavy atom. The fraction of sp³-hybridized carbons (Fsp3) is 0.440. The smallest absolute Gasteiger partial charge is 0.0119 e. The molecule has 0 spiro atoms. The molecule has 0 bridgehead atoms. The Bertz CT molecular complexity index is 500. The van der Waals surface area contributed by atoms with Gasteiger partial charge in [0.2, 0.25) is 0 Å².